The van der Waals surface area contributed by atoms with Gasteiger partial charge in [-0.25, -0.2) is 0 Å². The normalized spacial score (nSPS) is 35.5. The van der Waals surface area contributed by atoms with E-state index in [9.17, 15) is 4.79 Å². The minimum absolute atomic E-state index is 0.0361. The lowest BCUT2D eigenvalue weighted by Crippen LogP contribution is -2.31. The first-order chi connectivity index (χ1) is 7.15. The SMILES string of the molecule is CC(Cl)CNC(=O)CC1CC2CCC1C2. The largest absolute Gasteiger partial charge is 0.355 e. The van der Waals surface area contributed by atoms with E-state index in [1.54, 1.807) is 0 Å². The van der Waals surface area contributed by atoms with Crippen LogP contribution >= 0.6 is 11.6 Å². The van der Waals surface area contributed by atoms with E-state index in [1.165, 1.54) is 25.7 Å². The number of hydrogen-bond donors (Lipinski definition) is 1. The van der Waals surface area contributed by atoms with E-state index >= 15 is 0 Å². The number of nitrogens with one attached hydrogen (secondary N) is 1. The van der Waals surface area contributed by atoms with Crippen LogP contribution in [0.15, 0.2) is 0 Å². The molecule has 2 bridgehead atoms. The fourth-order valence-corrected chi connectivity index (χ4v) is 3.27. The number of amides is 1. The molecule has 0 saturated heterocycles. The summed E-state index contributed by atoms with van der Waals surface area (Å²) in [5.41, 5.74) is 0. The van der Waals surface area contributed by atoms with E-state index in [1.807, 2.05) is 6.92 Å². The molecule has 4 atom stereocenters. The summed E-state index contributed by atoms with van der Waals surface area (Å²) in [5, 5.41) is 2.93. The van der Waals surface area contributed by atoms with Crippen LogP contribution in [0.2, 0.25) is 0 Å². The Hall–Kier alpha value is -0.240. The minimum atomic E-state index is 0.0361. The first-order valence-corrected chi connectivity index (χ1v) is 6.49. The molecule has 2 aliphatic carbocycles. The summed E-state index contributed by atoms with van der Waals surface area (Å²) in [6.45, 7) is 2.50. The number of fused-ring (bicyclic) bond motifs is 2. The van der Waals surface area contributed by atoms with Gasteiger partial charge in [0, 0.05) is 18.3 Å². The highest BCUT2D eigenvalue weighted by Crippen LogP contribution is 2.49. The maximum absolute atomic E-state index is 11.6. The third kappa shape index (κ3) is 2.87. The molecule has 2 nitrogen and oxygen atoms in total. The number of carbonyl (C=O) groups is 1. The molecule has 0 aromatic heterocycles. The number of alkyl halides is 1. The molecule has 1 N–H and O–H groups in total. The molecule has 1 amide bonds. The predicted molar refractivity (Wildman–Crippen MR) is 61.9 cm³/mol. The van der Waals surface area contributed by atoms with Gasteiger partial charge in [0.2, 0.25) is 5.91 Å². The molecule has 0 spiro atoms. The first-order valence-electron chi connectivity index (χ1n) is 6.06. The van der Waals surface area contributed by atoms with Gasteiger partial charge in [0.25, 0.3) is 0 Å². The number of hydrogen-bond acceptors (Lipinski definition) is 1. The van der Waals surface area contributed by atoms with Crippen molar-refractivity contribution in [3.8, 4) is 0 Å². The van der Waals surface area contributed by atoms with Crippen molar-refractivity contribution in [2.45, 2.75) is 44.4 Å². The van der Waals surface area contributed by atoms with Gasteiger partial charge in [-0.3, -0.25) is 4.79 Å². The van der Waals surface area contributed by atoms with Gasteiger partial charge in [0.1, 0.15) is 0 Å². The second-order valence-corrected chi connectivity index (χ2v) is 5.97. The average Bonchev–Trinajstić information content (AvgIpc) is 2.76. The van der Waals surface area contributed by atoms with Gasteiger partial charge in [-0.15, -0.1) is 11.6 Å². The van der Waals surface area contributed by atoms with Crippen molar-refractivity contribution in [3.05, 3.63) is 0 Å². The molecule has 0 radical (unpaired) electrons. The van der Waals surface area contributed by atoms with Crippen molar-refractivity contribution >= 4 is 17.5 Å². The average molecular weight is 230 g/mol. The highest BCUT2D eigenvalue weighted by atomic mass is 35.5. The summed E-state index contributed by atoms with van der Waals surface area (Å²) in [6.07, 6.45) is 6.15. The van der Waals surface area contributed by atoms with Crippen molar-refractivity contribution in [2.75, 3.05) is 6.54 Å². The Morgan fingerprint density at radius 1 is 1.47 bits per heavy atom. The van der Waals surface area contributed by atoms with Gasteiger partial charge in [-0.2, -0.15) is 0 Å². The summed E-state index contributed by atoms with van der Waals surface area (Å²) in [4.78, 5) is 11.6. The van der Waals surface area contributed by atoms with Crippen molar-refractivity contribution in [3.63, 3.8) is 0 Å². The number of halogens is 1. The maximum Gasteiger partial charge on any atom is 0.220 e. The van der Waals surface area contributed by atoms with Crippen LogP contribution in [-0.4, -0.2) is 17.8 Å². The molecule has 0 aromatic rings. The smallest absolute Gasteiger partial charge is 0.220 e. The highest BCUT2D eigenvalue weighted by molar-refractivity contribution is 6.20. The van der Waals surface area contributed by atoms with Crippen LogP contribution in [0.5, 0.6) is 0 Å². The molecule has 2 fully saturated rings. The van der Waals surface area contributed by atoms with Crippen LogP contribution in [0.3, 0.4) is 0 Å². The molecule has 86 valence electrons. The van der Waals surface area contributed by atoms with Gasteiger partial charge >= 0.3 is 0 Å². The van der Waals surface area contributed by atoms with E-state index in [0.717, 1.165) is 18.3 Å². The number of carbonyl (C=O) groups excluding carboxylic acids is 1. The van der Waals surface area contributed by atoms with E-state index in [0.29, 0.717) is 12.5 Å². The molecule has 0 aromatic carbocycles. The fraction of sp³-hybridized carbons (Fsp3) is 0.917. The molecule has 4 unspecified atom stereocenters. The summed E-state index contributed by atoms with van der Waals surface area (Å²) in [7, 11) is 0. The zero-order valence-corrected chi connectivity index (χ0v) is 10.1. The standard InChI is InChI=1S/C12H20ClNO/c1-8(13)7-14-12(15)6-11-5-9-2-3-10(11)4-9/h8-11H,2-7H2,1H3,(H,14,15). The minimum Gasteiger partial charge on any atom is -0.355 e. The first kappa shape index (κ1) is 11.3. The van der Waals surface area contributed by atoms with E-state index < -0.39 is 0 Å². The Bertz CT molecular complexity index is 242. The zero-order valence-electron chi connectivity index (χ0n) is 9.34. The topological polar surface area (TPSA) is 29.1 Å². The van der Waals surface area contributed by atoms with Crippen LogP contribution in [0.25, 0.3) is 0 Å². The van der Waals surface area contributed by atoms with Gasteiger partial charge in [-0.05, 0) is 43.9 Å². The maximum atomic E-state index is 11.6. The van der Waals surface area contributed by atoms with Crippen LogP contribution < -0.4 is 5.32 Å². The van der Waals surface area contributed by atoms with Crippen molar-refractivity contribution in [1.29, 1.82) is 0 Å². The Morgan fingerprint density at radius 2 is 2.27 bits per heavy atom. The monoisotopic (exact) mass is 229 g/mol. The second-order valence-electron chi connectivity index (χ2n) is 5.22. The highest BCUT2D eigenvalue weighted by Gasteiger charge is 2.39. The zero-order chi connectivity index (χ0) is 10.8. The van der Waals surface area contributed by atoms with E-state index in [-0.39, 0.29) is 11.3 Å². The van der Waals surface area contributed by atoms with Crippen LogP contribution in [-0.2, 0) is 4.79 Å². The van der Waals surface area contributed by atoms with E-state index in [4.69, 9.17) is 11.6 Å². The third-order valence-corrected chi connectivity index (χ3v) is 4.07. The summed E-state index contributed by atoms with van der Waals surface area (Å²) in [5.74, 6) is 2.63. The third-order valence-electron chi connectivity index (χ3n) is 3.91. The molecule has 2 saturated carbocycles. The summed E-state index contributed by atoms with van der Waals surface area (Å²) in [6, 6.07) is 0. The number of rotatable bonds is 4. The fourth-order valence-electron chi connectivity index (χ4n) is 3.19. The van der Waals surface area contributed by atoms with Gasteiger partial charge in [0.05, 0.1) is 0 Å². The molecule has 2 rings (SSSR count). The molecule has 0 aliphatic heterocycles. The molecular formula is C12H20ClNO. The predicted octanol–water partition coefficient (Wildman–Crippen LogP) is 2.56. The molecule has 0 heterocycles. The van der Waals surface area contributed by atoms with Crippen LogP contribution in [0.4, 0.5) is 0 Å². The lowest BCUT2D eigenvalue weighted by Gasteiger charge is -2.21. The van der Waals surface area contributed by atoms with Crippen LogP contribution in [0, 0.1) is 17.8 Å². The van der Waals surface area contributed by atoms with E-state index in [2.05, 4.69) is 5.32 Å². The summed E-state index contributed by atoms with van der Waals surface area (Å²) >= 11 is 5.79. The Balaban J connectivity index is 1.71. The molecule has 15 heavy (non-hydrogen) atoms. The second kappa shape index (κ2) is 4.73. The molecular weight excluding hydrogens is 210 g/mol. The van der Waals surface area contributed by atoms with Gasteiger partial charge in [-0.1, -0.05) is 6.42 Å². The van der Waals surface area contributed by atoms with Crippen molar-refractivity contribution in [2.24, 2.45) is 17.8 Å². The lowest BCUT2D eigenvalue weighted by atomic mass is 9.86. The Kier molecular flexibility index (Phi) is 3.55. The van der Waals surface area contributed by atoms with Gasteiger partial charge < -0.3 is 5.32 Å². The Morgan fingerprint density at radius 3 is 2.80 bits per heavy atom. The Labute approximate surface area is 96.8 Å². The van der Waals surface area contributed by atoms with Crippen molar-refractivity contribution < 1.29 is 4.79 Å². The van der Waals surface area contributed by atoms with Crippen molar-refractivity contribution in [1.82, 2.24) is 5.32 Å². The lowest BCUT2D eigenvalue weighted by molar-refractivity contribution is -0.122. The molecule has 3 heteroatoms. The summed E-state index contributed by atoms with van der Waals surface area (Å²) < 4.78 is 0. The quantitative estimate of drug-likeness (QED) is 0.738. The molecule has 2 aliphatic rings. The van der Waals surface area contributed by atoms with Crippen LogP contribution in [0.1, 0.15) is 39.0 Å². The van der Waals surface area contributed by atoms with Gasteiger partial charge in [0.15, 0.2) is 0 Å².